The summed E-state index contributed by atoms with van der Waals surface area (Å²) >= 11 is 0. The number of carbonyl (C=O) groups is 3. The molecule has 1 heterocycles. The lowest BCUT2D eigenvalue weighted by molar-refractivity contribution is -0.143. The first-order chi connectivity index (χ1) is 10.5. The number of rotatable bonds is 4. The van der Waals surface area contributed by atoms with Gasteiger partial charge in [0.25, 0.3) is 0 Å². The Morgan fingerprint density at radius 2 is 1.95 bits per heavy atom. The van der Waals surface area contributed by atoms with E-state index in [4.69, 9.17) is 5.73 Å². The van der Waals surface area contributed by atoms with Crippen LogP contribution < -0.4 is 11.1 Å². The highest BCUT2D eigenvalue weighted by atomic mass is 16.4. The van der Waals surface area contributed by atoms with E-state index < -0.39 is 24.0 Å². The second-order valence-electron chi connectivity index (χ2n) is 5.31. The van der Waals surface area contributed by atoms with Crippen molar-refractivity contribution in [3.63, 3.8) is 0 Å². The van der Waals surface area contributed by atoms with Crippen molar-refractivity contribution >= 4 is 17.9 Å². The van der Waals surface area contributed by atoms with Crippen LogP contribution in [0.15, 0.2) is 30.3 Å². The summed E-state index contributed by atoms with van der Waals surface area (Å²) in [7, 11) is 0. The molecule has 0 aromatic heterocycles. The smallest absolute Gasteiger partial charge is 0.330 e. The summed E-state index contributed by atoms with van der Waals surface area (Å²) in [5, 5.41) is 11.9. The quantitative estimate of drug-likeness (QED) is 0.760. The molecule has 0 aliphatic carbocycles. The van der Waals surface area contributed by atoms with Gasteiger partial charge in [0.15, 0.2) is 6.04 Å². The van der Waals surface area contributed by atoms with Crippen molar-refractivity contribution in [2.75, 3.05) is 13.1 Å². The van der Waals surface area contributed by atoms with Gasteiger partial charge >= 0.3 is 12.0 Å². The average molecular weight is 305 g/mol. The minimum absolute atomic E-state index is 0.224. The van der Waals surface area contributed by atoms with Crippen LogP contribution in [0.2, 0.25) is 0 Å². The Hall–Kier alpha value is -2.57. The molecule has 1 aliphatic heterocycles. The molecule has 1 aliphatic rings. The van der Waals surface area contributed by atoms with E-state index in [0.29, 0.717) is 24.9 Å². The molecule has 1 fully saturated rings. The maximum absolute atomic E-state index is 12.3. The van der Waals surface area contributed by atoms with Crippen LogP contribution in [0.25, 0.3) is 0 Å². The summed E-state index contributed by atoms with van der Waals surface area (Å²) in [5.41, 5.74) is 5.74. The van der Waals surface area contributed by atoms with Crippen LogP contribution in [-0.2, 0) is 9.59 Å². The molecule has 3 amide bonds. The average Bonchev–Trinajstić information content (AvgIpc) is 2.53. The van der Waals surface area contributed by atoms with Gasteiger partial charge in [0.1, 0.15) is 0 Å². The summed E-state index contributed by atoms with van der Waals surface area (Å²) in [6.45, 7) is 0.752. The number of amides is 3. The number of hydrogen-bond acceptors (Lipinski definition) is 3. The molecule has 1 unspecified atom stereocenters. The minimum Gasteiger partial charge on any atom is -0.479 e. The number of carboxylic acids is 1. The number of hydrogen-bond donors (Lipinski definition) is 3. The molecule has 0 saturated carbocycles. The topological polar surface area (TPSA) is 113 Å². The monoisotopic (exact) mass is 305 g/mol. The molecule has 2 atom stereocenters. The first-order valence-electron chi connectivity index (χ1n) is 7.11. The largest absolute Gasteiger partial charge is 0.479 e. The summed E-state index contributed by atoms with van der Waals surface area (Å²) in [6, 6.07) is 6.84. The molecule has 0 radical (unpaired) electrons. The molecule has 7 nitrogen and oxygen atoms in total. The highest BCUT2D eigenvalue weighted by Crippen LogP contribution is 2.19. The Balaban J connectivity index is 2.05. The number of carbonyl (C=O) groups excluding carboxylic acids is 2. The van der Waals surface area contributed by atoms with Gasteiger partial charge in [0, 0.05) is 13.1 Å². The molecule has 22 heavy (non-hydrogen) atoms. The summed E-state index contributed by atoms with van der Waals surface area (Å²) in [6.07, 6.45) is 1.28. The first-order valence-corrected chi connectivity index (χ1v) is 7.11. The Bertz CT molecular complexity index is 561. The van der Waals surface area contributed by atoms with Crippen molar-refractivity contribution in [2.45, 2.75) is 18.9 Å². The van der Waals surface area contributed by atoms with Crippen LogP contribution >= 0.6 is 0 Å². The van der Waals surface area contributed by atoms with E-state index in [9.17, 15) is 19.5 Å². The predicted octanol–water partition coefficient (Wildman–Crippen LogP) is 0.719. The number of benzene rings is 1. The van der Waals surface area contributed by atoms with E-state index in [-0.39, 0.29) is 12.5 Å². The van der Waals surface area contributed by atoms with Gasteiger partial charge in [0.2, 0.25) is 5.91 Å². The molecular weight excluding hydrogens is 286 g/mol. The molecule has 7 heteroatoms. The van der Waals surface area contributed by atoms with Crippen molar-refractivity contribution in [1.82, 2.24) is 10.2 Å². The Kier molecular flexibility index (Phi) is 4.98. The van der Waals surface area contributed by atoms with E-state index in [0.717, 1.165) is 0 Å². The van der Waals surface area contributed by atoms with Crippen LogP contribution in [-0.4, -0.2) is 41.0 Å². The van der Waals surface area contributed by atoms with E-state index in [1.807, 2.05) is 0 Å². The van der Waals surface area contributed by atoms with Gasteiger partial charge in [-0.25, -0.2) is 9.59 Å². The zero-order valence-electron chi connectivity index (χ0n) is 12.1. The van der Waals surface area contributed by atoms with Crippen molar-refractivity contribution in [3.8, 4) is 0 Å². The lowest BCUT2D eigenvalue weighted by atomic mass is 9.96. The lowest BCUT2D eigenvalue weighted by Gasteiger charge is -2.31. The number of nitrogens with zero attached hydrogens (tertiary/aromatic N) is 1. The van der Waals surface area contributed by atoms with Crippen LogP contribution in [0.3, 0.4) is 0 Å². The maximum atomic E-state index is 12.3. The van der Waals surface area contributed by atoms with E-state index in [1.54, 1.807) is 30.3 Å². The number of carboxylic acid groups (broad SMARTS) is 1. The van der Waals surface area contributed by atoms with E-state index in [2.05, 4.69) is 5.32 Å². The van der Waals surface area contributed by atoms with Gasteiger partial charge in [-0.15, -0.1) is 0 Å². The van der Waals surface area contributed by atoms with Crippen molar-refractivity contribution < 1.29 is 19.5 Å². The van der Waals surface area contributed by atoms with Gasteiger partial charge < -0.3 is 21.1 Å². The first kappa shape index (κ1) is 15.8. The molecule has 2 rings (SSSR count). The third kappa shape index (κ3) is 3.75. The third-order valence-electron chi connectivity index (χ3n) is 3.77. The molecule has 1 aromatic rings. The number of nitrogens with two attached hydrogens (primary N) is 1. The molecular formula is C15H19N3O4. The lowest BCUT2D eigenvalue weighted by Crippen LogP contribution is -2.48. The number of urea groups is 1. The third-order valence-corrected chi connectivity index (χ3v) is 3.77. The molecule has 4 N–H and O–H groups in total. The van der Waals surface area contributed by atoms with Gasteiger partial charge in [-0.05, 0) is 18.4 Å². The maximum Gasteiger partial charge on any atom is 0.330 e. The Labute approximate surface area is 128 Å². The fourth-order valence-corrected chi connectivity index (χ4v) is 2.58. The number of piperidine rings is 1. The molecule has 0 spiro atoms. The van der Waals surface area contributed by atoms with Gasteiger partial charge in [0.05, 0.1) is 5.92 Å². The van der Waals surface area contributed by atoms with E-state index >= 15 is 0 Å². The Morgan fingerprint density at radius 3 is 2.55 bits per heavy atom. The Morgan fingerprint density at radius 1 is 1.27 bits per heavy atom. The van der Waals surface area contributed by atoms with Gasteiger partial charge in [-0.3, -0.25) is 4.79 Å². The number of nitrogens with one attached hydrogen (secondary N) is 1. The standard InChI is InChI=1S/C15H19N3O4/c16-15(22)18-8-4-7-11(9-18)13(19)17-12(14(20)21)10-5-2-1-3-6-10/h1-3,5-6,11-12H,4,7-9H2,(H2,16,22)(H,17,19)(H,20,21)/t11?,12-/m1/s1. The number of aliphatic carboxylic acids is 1. The predicted molar refractivity (Wildman–Crippen MR) is 78.8 cm³/mol. The van der Waals surface area contributed by atoms with Crippen LogP contribution in [0.4, 0.5) is 4.79 Å². The SMILES string of the molecule is NC(=O)N1CCCC(C(=O)N[C@@H](C(=O)O)c2ccccc2)C1. The molecule has 0 bridgehead atoms. The second-order valence-corrected chi connectivity index (χ2v) is 5.31. The van der Waals surface area contributed by atoms with Crippen molar-refractivity contribution in [2.24, 2.45) is 11.7 Å². The summed E-state index contributed by atoms with van der Waals surface area (Å²) < 4.78 is 0. The van der Waals surface area contributed by atoms with E-state index in [1.165, 1.54) is 4.90 Å². The highest BCUT2D eigenvalue weighted by molar-refractivity contribution is 5.86. The normalized spacial score (nSPS) is 19.3. The van der Waals surface area contributed by atoms with Gasteiger partial charge in [-0.1, -0.05) is 30.3 Å². The fraction of sp³-hybridized carbons (Fsp3) is 0.400. The van der Waals surface area contributed by atoms with Crippen molar-refractivity contribution in [1.29, 1.82) is 0 Å². The zero-order valence-corrected chi connectivity index (χ0v) is 12.1. The second kappa shape index (κ2) is 6.93. The van der Waals surface area contributed by atoms with Crippen LogP contribution in [0.5, 0.6) is 0 Å². The number of likely N-dealkylation sites (tertiary alicyclic amines) is 1. The number of primary amides is 1. The molecule has 1 saturated heterocycles. The van der Waals surface area contributed by atoms with Crippen LogP contribution in [0.1, 0.15) is 24.4 Å². The highest BCUT2D eigenvalue weighted by Gasteiger charge is 2.30. The molecule has 118 valence electrons. The minimum atomic E-state index is -1.12. The summed E-state index contributed by atoms with van der Waals surface area (Å²) in [4.78, 5) is 36.3. The van der Waals surface area contributed by atoms with Crippen LogP contribution in [0, 0.1) is 5.92 Å². The zero-order chi connectivity index (χ0) is 16.1. The molecule has 1 aromatic carbocycles. The summed E-state index contributed by atoms with van der Waals surface area (Å²) in [5.74, 6) is -1.93. The van der Waals surface area contributed by atoms with Gasteiger partial charge in [-0.2, -0.15) is 0 Å². The van der Waals surface area contributed by atoms with Crippen molar-refractivity contribution in [3.05, 3.63) is 35.9 Å². The fourth-order valence-electron chi connectivity index (χ4n) is 2.58.